The van der Waals surface area contributed by atoms with E-state index < -0.39 is 0 Å². The fraction of sp³-hybridized carbons (Fsp3) is 0.533. The minimum Gasteiger partial charge on any atom is -0.317 e. The molecular weight excluding hydrogens is 240 g/mol. The molecule has 0 aliphatic heterocycles. The molecule has 4 heteroatoms. The Kier molecular flexibility index (Phi) is 6.36. The largest absolute Gasteiger partial charge is 0.325 e. The first kappa shape index (κ1) is 15.5. The van der Waals surface area contributed by atoms with Gasteiger partial charge in [0, 0.05) is 18.6 Å². The summed E-state index contributed by atoms with van der Waals surface area (Å²) in [6.07, 6.45) is 0. The van der Waals surface area contributed by atoms with Gasteiger partial charge in [-0.3, -0.25) is 4.89 Å². The molecule has 0 unspecified atom stereocenters. The quantitative estimate of drug-likeness (QED) is 0.354. The molecule has 0 N–H and O–H groups in total. The van der Waals surface area contributed by atoms with Crippen LogP contribution < -0.4 is 0 Å². The fourth-order valence-corrected chi connectivity index (χ4v) is 1.69. The SMILES string of the molecule is COOC(=NC(C)C)N(Cc1ccccc1)C(C)C. The van der Waals surface area contributed by atoms with Crippen molar-refractivity contribution in [1.29, 1.82) is 0 Å². The Hall–Kier alpha value is -1.55. The standard InChI is InChI=1S/C15H24N2O2/c1-12(2)16-15(19-18-5)17(13(3)4)11-14-9-7-6-8-10-14/h6-10,12-13H,11H2,1-5H3. The van der Waals surface area contributed by atoms with Crippen LogP contribution in [-0.2, 0) is 16.3 Å². The number of hydrogen-bond acceptors (Lipinski definition) is 3. The average molecular weight is 264 g/mol. The molecule has 0 aromatic heterocycles. The Bertz CT molecular complexity index is 388. The van der Waals surface area contributed by atoms with Crippen molar-refractivity contribution in [2.45, 2.75) is 46.3 Å². The van der Waals surface area contributed by atoms with Crippen LogP contribution in [0.3, 0.4) is 0 Å². The van der Waals surface area contributed by atoms with Gasteiger partial charge in [0.1, 0.15) is 0 Å². The first-order valence-electron chi connectivity index (χ1n) is 6.63. The highest BCUT2D eigenvalue weighted by Crippen LogP contribution is 2.11. The Balaban J connectivity index is 2.91. The molecule has 0 saturated heterocycles. The van der Waals surface area contributed by atoms with Crippen LogP contribution in [0.15, 0.2) is 35.3 Å². The summed E-state index contributed by atoms with van der Waals surface area (Å²) in [6, 6.07) is 11.2. The van der Waals surface area contributed by atoms with Gasteiger partial charge >= 0.3 is 6.02 Å². The predicted molar refractivity (Wildman–Crippen MR) is 77.8 cm³/mol. The molecule has 0 atom stereocenters. The van der Waals surface area contributed by atoms with Crippen molar-refractivity contribution in [3.05, 3.63) is 35.9 Å². The topological polar surface area (TPSA) is 34.1 Å². The molecule has 19 heavy (non-hydrogen) atoms. The molecule has 0 bridgehead atoms. The van der Waals surface area contributed by atoms with E-state index in [0.29, 0.717) is 6.02 Å². The second kappa shape index (κ2) is 7.79. The van der Waals surface area contributed by atoms with E-state index in [-0.39, 0.29) is 12.1 Å². The van der Waals surface area contributed by atoms with Gasteiger partial charge in [0.15, 0.2) is 0 Å². The molecule has 4 nitrogen and oxygen atoms in total. The van der Waals surface area contributed by atoms with Gasteiger partial charge in [-0.1, -0.05) is 30.3 Å². The van der Waals surface area contributed by atoms with Crippen LogP contribution in [0.5, 0.6) is 0 Å². The molecule has 1 aromatic rings. The van der Waals surface area contributed by atoms with Crippen molar-refractivity contribution >= 4 is 6.02 Å². The number of rotatable bonds is 5. The second-order valence-electron chi connectivity index (χ2n) is 4.96. The molecule has 1 aromatic carbocycles. The third-order valence-electron chi connectivity index (χ3n) is 2.59. The molecule has 0 amide bonds. The number of nitrogens with zero attached hydrogens (tertiary/aromatic N) is 2. The number of benzene rings is 1. The highest BCUT2D eigenvalue weighted by Gasteiger charge is 2.18. The van der Waals surface area contributed by atoms with Crippen LogP contribution in [0.4, 0.5) is 0 Å². The van der Waals surface area contributed by atoms with E-state index in [1.165, 1.54) is 12.7 Å². The zero-order valence-corrected chi connectivity index (χ0v) is 12.5. The van der Waals surface area contributed by atoms with E-state index in [1.54, 1.807) is 0 Å². The smallest absolute Gasteiger partial charge is 0.317 e. The van der Waals surface area contributed by atoms with Crippen LogP contribution in [0, 0.1) is 0 Å². The van der Waals surface area contributed by atoms with Gasteiger partial charge in [-0.25, -0.2) is 4.99 Å². The van der Waals surface area contributed by atoms with Crippen LogP contribution >= 0.6 is 0 Å². The molecule has 0 fully saturated rings. The molecular formula is C15H24N2O2. The molecule has 0 aliphatic rings. The summed E-state index contributed by atoms with van der Waals surface area (Å²) in [7, 11) is 1.50. The lowest BCUT2D eigenvalue weighted by atomic mass is 10.2. The van der Waals surface area contributed by atoms with E-state index >= 15 is 0 Å². The third kappa shape index (κ3) is 5.30. The van der Waals surface area contributed by atoms with Crippen LogP contribution in [-0.4, -0.2) is 30.1 Å². The summed E-state index contributed by atoms with van der Waals surface area (Å²) < 4.78 is 0. The highest BCUT2D eigenvalue weighted by molar-refractivity contribution is 5.73. The number of amidine groups is 1. The first-order chi connectivity index (χ1) is 9.04. The van der Waals surface area contributed by atoms with Gasteiger partial charge in [-0.15, -0.1) is 0 Å². The summed E-state index contributed by atoms with van der Waals surface area (Å²) in [4.78, 5) is 16.6. The Morgan fingerprint density at radius 2 is 1.79 bits per heavy atom. The summed E-state index contributed by atoms with van der Waals surface area (Å²) >= 11 is 0. The second-order valence-corrected chi connectivity index (χ2v) is 4.96. The zero-order chi connectivity index (χ0) is 14.3. The van der Waals surface area contributed by atoms with Gasteiger partial charge in [-0.2, -0.15) is 4.89 Å². The molecule has 0 heterocycles. The zero-order valence-electron chi connectivity index (χ0n) is 12.5. The molecule has 106 valence electrons. The van der Waals surface area contributed by atoms with Crippen molar-refractivity contribution in [3.8, 4) is 0 Å². The predicted octanol–water partition coefficient (Wildman–Crippen LogP) is 3.24. The lowest BCUT2D eigenvalue weighted by molar-refractivity contribution is -0.206. The van der Waals surface area contributed by atoms with Crippen molar-refractivity contribution in [2.24, 2.45) is 4.99 Å². The number of hydrogen-bond donors (Lipinski definition) is 0. The van der Waals surface area contributed by atoms with Gasteiger partial charge in [0.05, 0.1) is 7.11 Å². The summed E-state index contributed by atoms with van der Waals surface area (Å²) in [5.74, 6) is 0. The van der Waals surface area contributed by atoms with Crippen LogP contribution in [0.1, 0.15) is 33.3 Å². The van der Waals surface area contributed by atoms with Crippen molar-refractivity contribution < 1.29 is 9.78 Å². The Morgan fingerprint density at radius 1 is 1.16 bits per heavy atom. The van der Waals surface area contributed by atoms with E-state index in [0.717, 1.165) is 6.54 Å². The molecule has 0 radical (unpaired) electrons. The van der Waals surface area contributed by atoms with E-state index in [1.807, 2.05) is 32.0 Å². The summed E-state index contributed by atoms with van der Waals surface area (Å²) in [5.41, 5.74) is 1.22. The van der Waals surface area contributed by atoms with E-state index in [9.17, 15) is 0 Å². The molecule has 0 saturated carbocycles. The van der Waals surface area contributed by atoms with Gasteiger partial charge < -0.3 is 4.90 Å². The highest BCUT2D eigenvalue weighted by atomic mass is 17.2. The Labute approximate surface area is 116 Å². The summed E-state index contributed by atoms with van der Waals surface area (Å²) in [5, 5.41) is 0. The monoisotopic (exact) mass is 264 g/mol. The first-order valence-corrected chi connectivity index (χ1v) is 6.63. The lowest BCUT2D eigenvalue weighted by Gasteiger charge is -2.28. The van der Waals surface area contributed by atoms with Crippen molar-refractivity contribution in [2.75, 3.05) is 7.11 Å². The fourth-order valence-electron chi connectivity index (χ4n) is 1.69. The van der Waals surface area contributed by atoms with Crippen LogP contribution in [0.25, 0.3) is 0 Å². The van der Waals surface area contributed by atoms with E-state index in [4.69, 9.17) is 9.78 Å². The molecule has 0 spiro atoms. The molecule has 1 rings (SSSR count). The lowest BCUT2D eigenvalue weighted by Crippen LogP contribution is -2.38. The normalized spacial score (nSPS) is 12.1. The maximum Gasteiger partial charge on any atom is 0.325 e. The van der Waals surface area contributed by atoms with Crippen molar-refractivity contribution in [1.82, 2.24) is 4.90 Å². The van der Waals surface area contributed by atoms with Crippen molar-refractivity contribution in [3.63, 3.8) is 0 Å². The summed E-state index contributed by atoms with van der Waals surface area (Å²) in [6.45, 7) is 8.99. The number of aliphatic imine (C=N–C) groups is 1. The van der Waals surface area contributed by atoms with Gasteiger partial charge in [0.25, 0.3) is 0 Å². The Morgan fingerprint density at radius 3 is 2.26 bits per heavy atom. The van der Waals surface area contributed by atoms with Gasteiger partial charge in [-0.05, 0) is 33.3 Å². The average Bonchev–Trinajstić information content (AvgIpc) is 2.36. The minimum atomic E-state index is 0.155. The van der Waals surface area contributed by atoms with E-state index in [2.05, 4.69) is 35.9 Å². The van der Waals surface area contributed by atoms with Gasteiger partial charge in [0.2, 0.25) is 0 Å². The maximum absolute atomic E-state index is 5.22. The minimum absolute atomic E-state index is 0.155. The third-order valence-corrected chi connectivity index (χ3v) is 2.59. The molecule has 0 aliphatic carbocycles. The van der Waals surface area contributed by atoms with Crippen LogP contribution in [0.2, 0.25) is 0 Å². The maximum atomic E-state index is 5.22.